The summed E-state index contributed by atoms with van der Waals surface area (Å²) in [6.45, 7) is 4.27. The third-order valence-electron chi connectivity index (χ3n) is 2.72. The summed E-state index contributed by atoms with van der Waals surface area (Å²) >= 11 is 0. The summed E-state index contributed by atoms with van der Waals surface area (Å²) < 4.78 is 26.3. The van der Waals surface area contributed by atoms with Crippen LogP contribution in [0.2, 0.25) is 0 Å². The third kappa shape index (κ3) is 4.11. The summed E-state index contributed by atoms with van der Waals surface area (Å²) in [6.07, 6.45) is 0.527. The topological polar surface area (TPSA) is 72.2 Å². The predicted molar refractivity (Wildman–Crippen MR) is 70.1 cm³/mol. The first-order chi connectivity index (χ1) is 7.99. The molecule has 1 aromatic rings. The van der Waals surface area contributed by atoms with Crippen molar-refractivity contribution in [2.24, 2.45) is 5.73 Å². The normalized spacial score (nSPS) is 13.6. The Kier molecular flexibility index (Phi) is 5.11. The molecule has 0 aliphatic carbocycles. The zero-order valence-corrected chi connectivity index (χ0v) is 11.1. The number of hydrogen-bond donors (Lipinski definition) is 2. The SMILES string of the molecule is CCC(CN)S(=O)(=O)NCc1cccc(C)c1. The average molecular weight is 256 g/mol. The standard InChI is InChI=1S/C12H20N2O2S/c1-3-12(8-13)17(15,16)14-9-11-6-4-5-10(2)7-11/h4-7,12,14H,3,8-9,13H2,1-2H3. The van der Waals surface area contributed by atoms with Gasteiger partial charge >= 0.3 is 0 Å². The van der Waals surface area contributed by atoms with Gasteiger partial charge in [0, 0.05) is 13.1 Å². The lowest BCUT2D eigenvalue weighted by Gasteiger charge is -2.14. The van der Waals surface area contributed by atoms with Crippen LogP contribution in [0.1, 0.15) is 24.5 Å². The van der Waals surface area contributed by atoms with Gasteiger partial charge in [0.25, 0.3) is 0 Å². The maximum atomic E-state index is 11.9. The zero-order valence-electron chi connectivity index (χ0n) is 10.3. The number of hydrogen-bond acceptors (Lipinski definition) is 3. The van der Waals surface area contributed by atoms with Crippen LogP contribution in [0.5, 0.6) is 0 Å². The van der Waals surface area contributed by atoms with Crippen LogP contribution in [0, 0.1) is 6.92 Å². The van der Waals surface area contributed by atoms with Crippen LogP contribution in [0.25, 0.3) is 0 Å². The van der Waals surface area contributed by atoms with Crippen molar-refractivity contribution in [3.63, 3.8) is 0 Å². The molecule has 1 rings (SSSR count). The van der Waals surface area contributed by atoms with Crippen molar-refractivity contribution in [1.29, 1.82) is 0 Å². The largest absolute Gasteiger partial charge is 0.329 e. The molecule has 0 aliphatic heterocycles. The van der Waals surface area contributed by atoms with Crippen molar-refractivity contribution < 1.29 is 8.42 Å². The molecule has 1 aromatic carbocycles. The molecule has 4 nitrogen and oxygen atoms in total. The highest BCUT2D eigenvalue weighted by atomic mass is 32.2. The van der Waals surface area contributed by atoms with Crippen LogP contribution >= 0.6 is 0 Å². The van der Waals surface area contributed by atoms with E-state index in [1.807, 2.05) is 38.1 Å². The Bertz CT molecular complexity index is 453. The van der Waals surface area contributed by atoms with E-state index in [1.165, 1.54) is 0 Å². The average Bonchev–Trinajstić information content (AvgIpc) is 2.28. The fourth-order valence-corrected chi connectivity index (χ4v) is 2.93. The fraction of sp³-hybridized carbons (Fsp3) is 0.500. The summed E-state index contributed by atoms with van der Waals surface area (Å²) in [6, 6.07) is 7.76. The van der Waals surface area contributed by atoms with Gasteiger partial charge in [-0.15, -0.1) is 0 Å². The van der Waals surface area contributed by atoms with E-state index in [4.69, 9.17) is 5.73 Å². The second kappa shape index (κ2) is 6.14. The molecular formula is C12H20N2O2S. The minimum Gasteiger partial charge on any atom is -0.329 e. The van der Waals surface area contributed by atoms with Gasteiger partial charge in [0.15, 0.2) is 0 Å². The first-order valence-corrected chi connectivity index (χ1v) is 7.28. The fourth-order valence-electron chi connectivity index (χ4n) is 1.64. The van der Waals surface area contributed by atoms with Gasteiger partial charge in [0.1, 0.15) is 0 Å². The molecule has 1 atom stereocenters. The van der Waals surface area contributed by atoms with Crippen LogP contribution in [0.4, 0.5) is 0 Å². The number of aryl methyl sites for hydroxylation is 1. The maximum absolute atomic E-state index is 11.9. The predicted octanol–water partition coefficient (Wildman–Crippen LogP) is 1.15. The minimum atomic E-state index is -3.31. The van der Waals surface area contributed by atoms with Gasteiger partial charge in [0.2, 0.25) is 10.0 Å². The second-order valence-corrected chi connectivity index (χ2v) is 6.17. The first kappa shape index (κ1) is 14.2. The van der Waals surface area contributed by atoms with Crippen molar-refractivity contribution >= 4 is 10.0 Å². The summed E-state index contributed by atoms with van der Waals surface area (Å²) in [5.74, 6) is 0. The summed E-state index contributed by atoms with van der Waals surface area (Å²) in [5, 5.41) is -0.507. The molecular weight excluding hydrogens is 236 g/mol. The molecule has 0 saturated carbocycles. The maximum Gasteiger partial charge on any atom is 0.216 e. The van der Waals surface area contributed by atoms with E-state index in [2.05, 4.69) is 4.72 Å². The molecule has 1 unspecified atom stereocenters. The Balaban J connectivity index is 2.67. The van der Waals surface area contributed by atoms with E-state index < -0.39 is 15.3 Å². The molecule has 0 heterocycles. The van der Waals surface area contributed by atoms with Crippen molar-refractivity contribution in [2.75, 3.05) is 6.54 Å². The summed E-state index contributed by atoms with van der Waals surface area (Å²) in [4.78, 5) is 0. The van der Waals surface area contributed by atoms with Crippen molar-refractivity contribution in [1.82, 2.24) is 4.72 Å². The van der Waals surface area contributed by atoms with E-state index in [-0.39, 0.29) is 6.54 Å². The Morgan fingerprint density at radius 3 is 2.65 bits per heavy atom. The molecule has 0 aliphatic rings. The lowest BCUT2D eigenvalue weighted by Crippen LogP contribution is -2.38. The second-order valence-electron chi connectivity index (χ2n) is 4.12. The Labute approximate surface area is 103 Å². The van der Waals surface area contributed by atoms with Crippen LogP contribution in [0.15, 0.2) is 24.3 Å². The van der Waals surface area contributed by atoms with Crippen LogP contribution in [0.3, 0.4) is 0 Å². The lowest BCUT2D eigenvalue weighted by atomic mass is 10.1. The van der Waals surface area contributed by atoms with Gasteiger partial charge in [-0.3, -0.25) is 0 Å². The first-order valence-electron chi connectivity index (χ1n) is 5.73. The van der Waals surface area contributed by atoms with Gasteiger partial charge < -0.3 is 5.73 Å². The van der Waals surface area contributed by atoms with Gasteiger partial charge in [-0.2, -0.15) is 0 Å². The van der Waals surface area contributed by atoms with Crippen LogP contribution in [-0.4, -0.2) is 20.2 Å². The number of benzene rings is 1. The van der Waals surface area contributed by atoms with E-state index in [0.29, 0.717) is 13.0 Å². The molecule has 0 radical (unpaired) electrons. The Morgan fingerprint density at radius 1 is 1.41 bits per heavy atom. The molecule has 17 heavy (non-hydrogen) atoms. The van der Waals surface area contributed by atoms with Crippen LogP contribution in [-0.2, 0) is 16.6 Å². The molecule has 0 spiro atoms. The zero-order chi connectivity index (χ0) is 12.9. The van der Waals surface area contributed by atoms with Gasteiger partial charge in [0.05, 0.1) is 5.25 Å². The minimum absolute atomic E-state index is 0.152. The van der Waals surface area contributed by atoms with Gasteiger partial charge in [-0.25, -0.2) is 13.1 Å². The highest BCUT2D eigenvalue weighted by Gasteiger charge is 2.21. The molecule has 0 aromatic heterocycles. The quantitative estimate of drug-likeness (QED) is 0.802. The highest BCUT2D eigenvalue weighted by molar-refractivity contribution is 7.90. The molecule has 0 fully saturated rings. The van der Waals surface area contributed by atoms with E-state index >= 15 is 0 Å². The Hall–Kier alpha value is -0.910. The van der Waals surface area contributed by atoms with E-state index in [0.717, 1.165) is 11.1 Å². The lowest BCUT2D eigenvalue weighted by molar-refractivity contribution is 0.561. The van der Waals surface area contributed by atoms with Crippen molar-refractivity contribution in [3.8, 4) is 0 Å². The van der Waals surface area contributed by atoms with Gasteiger partial charge in [-0.1, -0.05) is 36.8 Å². The molecule has 96 valence electrons. The molecule has 5 heteroatoms. The smallest absolute Gasteiger partial charge is 0.216 e. The number of nitrogens with two attached hydrogens (primary N) is 1. The van der Waals surface area contributed by atoms with Crippen molar-refractivity contribution in [3.05, 3.63) is 35.4 Å². The summed E-state index contributed by atoms with van der Waals surface area (Å²) in [7, 11) is -3.31. The molecule has 0 saturated heterocycles. The molecule has 0 bridgehead atoms. The third-order valence-corrected chi connectivity index (χ3v) is 4.67. The van der Waals surface area contributed by atoms with Gasteiger partial charge in [-0.05, 0) is 18.9 Å². The monoisotopic (exact) mass is 256 g/mol. The number of rotatable bonds is 6. The Morgan fingerprint density at radius 2 is 2.12 bits per heavy atom. The van der Waals surface area contributed by atoms with Crippen molar-refractivity contribution in [2.45, 2.75) is 32.1 Å². The highest BCUT2D eigenvalue weighted by Crippen LogP contribution is 2.07. The van der Waals surface area contributed by atoms with Crippen LogP contribution < -0.4 is 10.5 Å². The van der Waals surface area contributed by atoms with E-state index in [1.54, 1.807) is 0 Å². The summed E-state index contributed by atoms with van der Waals surface area (Å²) in [5.41, 5.74) is 7.52. The van der Waals surface area contributed by atoms with E-state index in [9.17, 15) is 8.42 Å². The number of sulfonamides is 1. The molecule has 0 amide bonds. The molecule has 3 N–H and O–H groups in total. The number of nitrogens with one attached hydrogen (secondary N) is 1.